The molecule has 0 bridgehead atoms. The number of nitrogens with zero attached hydrogens (tertiary/aromatic N) is 1. The highest BCUT2D eigenvalue weighted by atomic mass is 32.1. The van der Waals surface area contributed by atoms with Gasteiger partial charge in [-0.25, -0.2) is 18.6 Å². The van der Waals surface area contributed by atoms with Crippen molar-refractivity contribution in [2.45, 2.75) is 6.43 Å². The first kappa shape index (κ1) is 10.8. The number of carbonyl (C=O) groups is 1. The third-order valence-corrected chi connectivity index (χ3v) is 2.11. The number of alkyl halides is 2. The maximum Gasteiger partial charge on any atom is 0.357 e. The summed E-state index contributed by atoms with van der Waals surface area (Å²) in [4.78, 5) is 14.7. The van der Waals surface area contributed by atoms with Gasteiger partial charge >= 0.3 is 5.97 Å². The van der Waals surface area contributed by atoms with Crippen LogP contribution in [0.15, 0.2) is 5.38 Å². The fraction of sp³-hybridized carbons (Fsp3) is 0.429. The minimum Gasteiger partial charge on any atom is -0.464 e. The second-order valence-corrected chi connectivity index (χ2v) is 3.16. The van der Waals surface area contributed by atoms with Gasteiger partial charge in [0.15, 0.2) is 10.8 Å². The summed E-state index contributed by atoms with van der Waals surface area (Å²) in [6, 6.07) is 0. The van der Waals surface area contributed by atoms with E-state index in [0.29, 0.717) is 0 Å². The van der Waals surface area contributed by atoms with E-state index in [9.17, 15) is 13.6 Å². The van der Waals surface area contributed by atoms with Gasteiger partial charge in [-0.05, 0) is 0 Å². The summed E-state index contributed by atoms with van der Waals surface area (Å²) in [5.41, 5.74) is 0.120. The van der Waals surface area contributed by atoms with Crippen molar-refractivity contribution >= 4 is 22.4 Å². The largest absolute Gasteiger partial charge is 0.464 e. The predicted molar refractivity (Wildman–Crippen MR) is 47.9 cm³/mol. The van der Waals surface area contributed by atoms with Crippen molar-refractivity contribution in [2.75, 3.05) is 19.0 Å². The molecule has 0 fully saturated rings. The highest BCUT2D eigenvalue weighted by molar-refractivity contribution is 7.13. The van der Waals surface area contributed by atoms with Crippen LogP contribution in [0.4, 0.5) is 13.9 Å². The molecule has 1 aromatic rings. The van der Waals surface area contributed by atoms with Crippen molar-refractivity contribution in [2.24, 2.45) is 0 Å². The number of hydrogen-bond donors (Lipinski definition) is 1. The molecule has 78 valence electrons. The standard InChI is InChI=1S/C7H8F2N2O2S/c1-13-6(12)4-3-14-7(11-4)10-2-5(8)9/h3,5H,2H2,1H3,(H,10,11). The summed E-state index contributed by atoms with van der Waals surface area (Å²) in [7, 11) is 1.23. The molecule has 1 heterocycles. The lowest BCUT2D eigenvalue weighted by Crippen LogP contribution is -2.10. The van der Waals surface area contributed by atoms with Gasteiger partial charge in [0.2, 0.25) is 0 Å². The Balaban J connectivity index is 2.55. The fourth-order valence-corrected chi connectivity index (χ4v) is 1.41. The predicted octanol–water partition coefficient (Wildman–Crippen LogP) is 1.61. The van der Waals surface area contributed by atoms with Crippen LogP contribution in [0.3, 0.4) is 0 Å². The quantitative estimate of drug-likeness (QED) is 0.786. The molecule has 0 aliphatic rings. The molecular weight excluding hydrogens is 214 g/mol. The Morgan fingerprint density at radius 3 is 3.07 bits per heavy atom. The lowest BCUT2D eigenvalue weighted by Gasteiger charge is -1.99. The summed E-state index contributed by atoms with van der Waals surface area (Å²) in [5, 5.41) is 4.12. The average molecular weight is 222 g/mol. The number of hydrogen-bond acceptors (Lipinski definition) is 5. The van der Waals surface area contributed by atoms with E-state index in [1.165, 1.54) is 12.5 Å². The van der Waals surface area contributed by atoms with Crippen LogP contribution in [0.5, 0.6) is 0 Å². The molecule has 0 radical (unpaired) electrons. The third-order valence-electron chi connectivity index (χ3n) is 1.31. The van der Waals surface area contributed by atoms with Gasteiger partial charge in [0.05, 0.1) is 13.7 Å². The van der Waals surface area contributed by atoms with Gasteiger partial charge in [0.1, 0.15) is 0 Å². The van der Waals surface area contributed by atoms with Crippen LogP contribution < -0.4 is 5.32 Å². The van der Waals surface area contributed by atoms with E-state index in [0.717, 1.165) is 11.3 Å². The maximum absolute atomic E-state index is 11.8. The summed E-state index contributed by atoms with van der Waals surface area (Å²) in [6.07, 6.45) is -2.44. The molecule has 0 aromatic carbocycles. The van der Waals surface area contributed by atoms with Crippen molar-refractivity contribution < 1.29 is 18.3 Å². The molecule has 0 aliphatic carbocycles. The van der Waals surface area contributed by atoms with Crippen LogP contribution in [0, 0.1) is 0 Å². The molecule has 0 saturated carbocycles. The lowest BCUT2D eigenvalue weighted by molar-refractivity contribution is 0.0595. The zero-order chi connectivity index (χ0) is 10.6. The van der Waals surface area contributed by atoms with Crippen molar-refractivity contribution in [1.29, 1.82) is 0 Å². The lowest BCUT2D eigenvalue weighted by atomic mass is 10.5. The van der Waals surface area contributed by atoms with Gasteiger partial charge < -0.3 is 10.1 Å². The number of carbonyl (C=O) groups excluding carboxylic acids is 1. The first-order valence-electron chi connectivity index (χ1n) is 3.69. The molecule has 0 aliphatic heterocycles. The van der Waals surface area contributed by atoms with Gasteiger partial charge in [0, 0.05) is 5.38 Å². The number of anilines is 1. The SMILES string of the molecule is COC(=O)c1csc(NCC(F)F)n1. The Morgan fingerprint density at radius 2 is 2.50 bits per heavy atom. The monoisotopic (exact) mass is 222 g/mol. The van der Waals surface area contributed by atoms with Crippen LogP contribution in [0.2, 0.25) is 0 Å². The smallest absolute Gasteiger partial charge is 0.357 e. The number of nitrogens with one attached hydrogen (secondary N) is 1. The Morgan fingerprint density at radius 1 is 1.79 bits per heavy atom. The van der Waals surface area contributed by atoms with Crippen LogP contribution >= 0.6 is 11.3 Å². The van der Waals surface area contributed by atoms with Gasteiger partial charge in [-0.2, -0.15) is 0 Å². The first-order valence-corrected chi connectivity index (χ1v) is 4.57. The molecule has 0 spiro atoms. The number of halogens is 2. The number of methoxy groups -OCH3 is 1. The fourth-order valence-electron chi connectivity index (χ4n) is 0.718. The van der Waals surface area contributed by atoms with E-state index in [4.69, 9.17) is 0 Å². The summed E-state index contributed by atoms with van der Waals surface area (Å²) in [5.74, 6) is -0.577. The number of ether oxygens (including phenoxy) is 1. The van der Waals surface area contributed by atoms with Gasteiger partial charge in [-0.1, -0.05) is 0 Å². The molecule has 0 saturated heterocycles. The normalized spacial score (nSPS) is 10.3. The van der Waals surface area contributed by atoms with Gasteiger partial charge in [0.25, 0.3) is 6.43 Å². The highest BCUT2D eigenvalue weighted by Crippen LogP contribution is 2.16. The average Bonchev–Trinajstić information content (AvgIpc) is 2.62. The number of thiazole rings is 1. The van der Waals surface area contributed by atoms with Crippen molar-refractivity contribution in [1.82, 2.24) is 4.98 Å². The second-order valence-electron chi connectivity index (χ2n) is 2.30. The van der Waals surface area contributed by atoms with Gasteiger partial charge in [-0.3, -0.25) is 0 Å². The summed E-state index contributed by atoms with van der Waals surface area (Å²) >= 11 is 1.08. The minimum atomic E-state index is -2.44. The number of esters is 1. The Bertz CT molecular complexity index is 316. The number of rotatable bonds is 4. The van der Waals surface area contributed by atoms with E-state index in [-0.39, 0.29) is 10.8 Å². The molecule has 0 amide bonds. The highest BCUT2D eigenvalue weighted by Gasteiger charge is 2.11. The third kappa shape index (κ3) is 2.91. The van der Waals surface area contributed by atoms with Crippen molar-refractivity contribution in [3.8, 4) is 0 Å². The zero-order valence-electron chi connectivity index (χ0n) is 7.29. The maximum atomic E-state index is 11.8. The molecule has 1 rings (SSSR count). The molecular formula is C7H8F2N2O2S. The van der Waals surface area contributed by atoms with E-state index in [1.54, 1.807) is 0 Å². The molecule has 0 atom stereocenters. The molecule has 4 nitrogen and oxygen atoms in total. The Kier molecular flexibility index (Phi) is 3.75. The van der Waals surface area contributed by atoms with Crippen LogP contribution in [0.25, 0.3) is 0 Å². The van der Waals surface area contributed by atoms with Gasteiger partial charge in [-0.15, -0.1) is 11.3 Å². The van der Waals surface area contributed by atoms with E-state index >= 15 is 0 Å². The summed E-state index contributed by atoms with van der Waals surface area (Å²) in [6.45, 7) is -0.478. The minimum absolute atomic E-state index is 0.120. The zero-order valence-corrected chi connectivity index (χ0v) is 8.11. The van der Waals surface area contributed by atoms with E-state index < -0.39 is 18.9 Å². The number of aromatic nitrogens is 1. The van der Waals surface area contributed by atoms with E-state index in [2.05, 4.69) is 15.0 Å². The van der Waals surface area contributed by atoms with Crippen molar-refractivity contribution in [3.63, 3.8) is 0 Å². The second kappa shape index (κ2) is 4.85. The van der Waals surface area contributed by atoms with Crippen LogP contribution in [-0.4, -0.2) is 31.0 Å². The molecule has 1 aromatic heterocycles. The molecule has 1 N–H and O–H groups in total. The van der Waals surface area contributed by atoms with Crippen LogP contribution in [-0.2, 0) is 4.74 Å². The Hall–Kier alpha value is -1.24. The van der Waals surface area contributed by atoms with Crippen molar-refractivity contribution in [3.05, 3.63) is 11.1 Å². The molecule has 7 heteroatoms. The Labute approximate surface area is 82.9 Å². The molecule has 14 heavy (non-hydrogen) atoms. The molecule has 0 unspecified atom stereocenters. The topological polar surface area (TPSA) is 51.2 Å². The van der Waals surface area contributed by atoms with Crippen LogP contribution in [0.1, 0.15) is 10.5 Å². The first-order chi connectivity index (χ1) is 6.63. The van der Waals surface area contributed by atoms with E-state index in [1.807, 2.05) is 0 Å². The summed E-state index contributed by atoms with van der Waals surface area (Å²) < 4.78 is 28.0.